The van der Waals surface area contributed by atoms with Gasteiger partial charge in [-0.3, -0.25) is 0 Å². The number of methoxy groups -OCH3 is 1. The first-order valence-corrected chi connectivity index (χ1v) is 9.27. The summed E-state index contributed by atoms with van der Waals surface area (Å²) in [5.74, 6) is 1.37. The van der Waals surface area contributed by atoms with Crippen molar-refractivity contribution in [1.82, 2.24) is 4.72 Å². The Kier molecular flexibility index (Phi) is 4.51. The second-order valence-corrected chi connectivity index (χ2v) is 7.73. The third-order valence-corrected chi connectivity index (χ3v) is 5.80. The van der Waals surface area contributed by atoms with Gasteiger partial charge in [0.1, 0.15) is 6.61 Å². The van der Waals surface area contributed by atoms with Crippen molar-refractivity contribution in [3.63, 3.8) is 0 Å². The molecule has 0 spiro atoms. The molecule has 2 aromatic rings. The summed E-state index contributed by atoms with van der Waals surface area (Å²) in [5.41, 5.74) is 2.71. The lowest BCUT2D eigenvalue weighted by Gasteiger charge is -2.27. The molecule has 0 amide bonds. The molecule has 128 valence electrons. The summed E-state index contributed by atoms with van der Waals surface area (Å²) in [7, 11) is -2.00. The largest absolute Gasteiger partial charge is 0.493 e. The monoisotopic (exact) mass is 347 g/mol. The second-order valence-electron chi connectivity index (χ2n) is 6.05. The van der Waals surface area contributed by atoms with E-state index in [0.717, 1.165) is 16.7 Å². The molecule has 0 aliphatic carbocycles. The number of ether oxygens (including phenoxy) is 2. The van der Waals surface area contributed by atoms with Crippen molar-refractivity contribution in [3.05, 3.63) is 53.1 Å². The van der Waals surface area contributed by atoms with Gasteiger partial charge in [-0.25, -0.2) is 13.1 Å². The quantitative estimate of drug-likeness (QED) is 0.923. The van der Waals surface area contributed by atoms with Crippen LogP contribution >= 0.6 is 0 Å². The highest BCUT2D eigenvalue weighted by molar-refractivity contribution is 7.89. The number of nitrogens with one attached hydrogen (secondary N) is 1. The molecule has 1 atom stereocenters. The molecule has 0 aromatic heterocycles. The molecule has 0 bridgehead atoms. The Morgan fingerprint density at radius 2 is 2.00 bits per heavy atom. The number of sulfonamides is 1. The molecular weight excluding hydrogens is 326 g/mol. The van der Waals surface area contributed by atoms with Crippen LogP contribution in [0.25, 0.3) is 0 Å². The van der Waals surface area contributed by atoms with Crippen LogP contribution in [0.2, 0.25) is 0 Å². The molecule has 1 N–H and O–H groups in total. The van der Waals surface area contributed by atoms with E-state index in [9.17, 15) is 8.42 Å². The number of para-hydroxylation sites is 1. The Morgan fingerprint density at radius 1 is 1.21 bits per heavy atom. The Labute approximate surface area is 142 Å². The molecule has 0 radical (unpaired) electrons. The lowest BCUT2D eigenvalue weighted by Crippen LogP contribution is -2.42. The molecule has 24 heavy (non-hydrogen) atoms. The van der Waals surface area contributed by atoms with Gasteiger partial charge in [0.15, 0.2) is 11.5 Å². The van der Waals surface area contributed by atoms with Crippen molar-refractivity contribution in [1.29, 1.82) is 0 Å². The number of rotatable bonds is 4. The Morgan fingerprint density at radius 3 is 2.71 bits per heavy atom. The van der Waals surface area contributed by atoms with E-state index < -0.39 is 10.0 Å². The van der Waals surface area contributed by atoms with Crippen LogP contribution in [-0.4, -0.2) is 28.2 Å². The zero-order valence-corrected chi connectivity index (χ0v) is 14.8. The summed E-state index contributed by atoms with van der Waals surface area (Å²) in [6.07, 6.45) is 0.566. The highest BCUT2D eigenvalue weighted by Gasteiger charge is 2.27. The van der Waals surface area contributed by atoms with Gasteiger partial charge < -0.3 is 9.47 Å². The van der Waals surface area contributed by atoms with Crippen molar-refractivity contribution in [2.24, 2.45) is 0 Å². The molecule has 0 fully saturated rings. The Balaban J connectivity index is 1.81. The fourth-order valence-corrected chi connectivity index (χ4v) is 4.46. The van der Waals surface area contributed by atoms with E-state index in [-0.39, 0.29) is 12.6 Å². The molecule has 6 heteroatoms. The molecule has 1 heterocycles. The summed E-state index contributed by atoms with van der Waals surface area (Å²) in [5, 5.41) is 0. The van der Waals surface area contributed by atoms with E-state index in [1.54, 1.807) is 26.2 Å². The van der Waals surface area contributed by atoms with Crippen molar-refractivity contribution < 1.29 is 17.9 Å². The zero-order chi connectivity index (χ0) is 17.3. The average Bonchev–Trinajstić information content (AvgIpc) is 2.53. The van der Waals surface area contributed by atoms with Gasteiger partial charge in [-0.15, -0.1) is 0 Å². The van der Waals surface area contributed by atoms with Crippen LogP contribution in [0.1, 0.15) is 16.7 Å². The molecule has 0 unspecified atom stereocenters. The molecular formula is C18H21NO4S. The van der Waals surface area contributed by atoms with Crippen LogP contribution in [-0.2, 0) is 16.4 Å². The molecule has 5 nitrogen and oxygen atoms in total. The number of benzene rings is 2. The first-order valence-electron chi connectivity index (χ1n) is 7.79. The van der Waals surface area contributed by atoms with Crippen molar-refractivity contribution in [2.75, 3.05) is 13.7 Å². The van der Waals surface area contributed by atoms with Crippen molar-refractivity contribution in [2.45, 2.75) is 31.2 Å². The van der Waals surface area contributed by atoms with Gasteiger partial charge in [0.05, 0.1) is 18.0 Å². The molecule has 2 aromatic carbocycles. The Bertz CT molecular complexity index is 861. The van der Waals surface area contributed by atoms with Crippen molar-refractivity contribution >= 4 is 10.0 Å². The summed E-state index contributed by atoms with van der Waals surface area (Å²) in [4.78, 5) is 0.310. The van der Waals surface area contributed by atoms with E-state index in [2.05, 4.69) is 4.72 Å². The first kappa shape index (κ1) is 16.8. The maximum Gasteiger partial charge on any atom is 0.241 e. The highest BCUT2D eigenvalue weighted by atomic mass is 32.2. The van der Waals surface area contributed by atoms with Gasteiger partial charge in [-0.2, -0.15) is 0 Å². The van der Waals surface area contributed by atoms with Gasteiger partial charge in [-0.1, -0.05) is 29.8 Å². The highest BCUT2D eigenvalue weighted by Crippen LogP contribution is 2.34. The predicted molar refractivity (Wildman–Crippen MR) is 92.2 cm³/mol. The SMILES string of the molecule is COc1cccc2c1OC[C@@H](NS(=O)(=O)c1ccc(C)cc1C)C2. The lowest BCUT2D eigenvalue weighted by molar-refractivity contribution is 0.240. The van der Waals surface area contributed by atoms with E-state index in [0.29, 0.717) is 22.8 Å². The maximum atomic E-state index is 12.7. The molecule has 0 saturated carbocycles. The van der Waals surface area contributed by atoms with Gasteiger partial charge in [-0.05, 0) is 43.5 Å². The molecule has 1 aliphatic rings. The van der Waals surface area contributed by atoms with Crippen LogP contribution in [0.15, 0.2) is 41.3 Å². The van der Waals surface area contributed by atoms with Crippen LogP contribution in [0.5, 0.6) is 11.5 Å². The van der Waals surface area contributed by atoms with Gasteiger partial charge >= 0.3 is 0 Å². The van der Waals surface area contributed by atoms with E-state index in [4.69, 9.17) is 9.47 Å². The minimum Gasteiger partial charge on any atom is -0.493 e. The van der Waals surface area contributed by atoms with Gasteiger partial charge in [0, 0.05) is 0 Å². The van der Waals surface area contributed by atoms with Crippen LogP contribution in [0.4, 0.5) is 0 Å². The fraction of sp³-hybridized carbons (Fsp3) is 0.333. The number of hydrogen-bond acceptors (Lipinski definition) is 4. The van der Waals surface area contributed by atoms with Crippen LogP contribution < -0.4 is 14.2 Å². The van der Waals surface area contributed by atoms with Crippen LogP contribution in [0.3, 0.4) is 0 Å². The first-order chi connectivity index (χ1) is 11.4. The fourth-order valence-electron chi connectivity index (χ4n) is 3.01. The predicted octanol–water partition coefficient (Wildman–Crippen LogP) is 2.59. The maximum absolute atomic E-state index is 12.7. The lowest BCUT2D eigenvalue weighted by atomic mass is 10.0. The van der Waals surface area contributed by atoms with Crippen LogP contribution in [0, 0.1) is 13.8 Å². The standard InChI is InChI=1S/C18H21NO4S/c1-12-7-8-17(13(2)9-12)24(20,21)19-15-10-14-5-4-6-16(22-3)18(14)23-11-15/h4-9,15,19H,10-11H2,1-3H3/t15-/m0/s1. The third-order valence-electron chi connectivity index (χ3n) is 4.12. The van der Waals surface area contributed by atoms with Gasteiger partial charge in [0.2, 0.25) is 10.0 Å². The summed E-state index contributed by atoms with van der Waals surface area (Å²) in [6, 6.07) is 10.6. The van der Waals surface area contributed by atoms with Gasteiger partial charge in [0.25, 0.3) is 0 Å². The minimum atomic E-state index is -3.59. The molecule has 1 aliphatic heterocycles. The normalized spacial score (nSPS) is 17.0. The molecule has 3 rings (SSSR count). The number of fused-ring (bicyclic) bond motifs is 1. The summed E-state index contributed by atoms with van der Waals surface area (Å²) in [6.45, 7) is 4.02. The summed E-state index contributed by atoms with van der Waals surface area (Å²) >= 11 is 0. The third kappa shape index (κ3) is 3.25. The van der Waals surface area contributed by atoms with Crippen molar-refractivity contribution in [3.8, 4) is 11.5 Å². The van der Waals surface area contributed by atoms with E-state index >= 15 is 0 Å². The topological polar surface area (TPSA) is 64.6 Å². The molecule has 0 saturated heterocycles. The summed E-state index contributed by atoms with van der Waals surface area (Å²) < 4.78 is 39.1. The minimum absolute atomic E-state index is 0.275. The zero-order valence-electron chi connectivity index (χ0n) is 14.0. The Hall–Kier alpha value is -2.05. The second kappa shape index (κ2) is 6.45. The van der Waals surface area contributed by atoms with E-state index in [1.807, 2.05) is 31.2 Å². The number of aryl methyl sites for hydroxylation is 2. The van der Waals surface area contributed by atoms with E-state index in [1.165, 1.54) is 0 Å². The number of hydrogen-bond donors (Lipinski definition) is 1. The smallest absolute Gasteiger partial charge is 0.241 e. The average molecular weight is 347 g/mol.